The molecule has 0 aliphatic carbocycles. The van der Waals surface area contributed by atoms with Crippen molar-refractivity contribution in [2.75, 3.05) is 26.7 Å². The van der Waals surface area contributed by atoms with Crippen LogP contribution in [0.1, 0.15) is 41.0 Å². The first kappa shape index (κ1) is 14.9. The minimum absolute atomic E-state index is 0.206. The van der Waals surface area contributed by atoms with Gasteiger partial charge < -0.3 is 10.1 Å². The number of rotatable bonds is 4. The summed E-state index contributed by atoms with van der Waals surface area (Å²) in [6.07, 6.45) is 1.65. The molecule has 3 atom stereocenters. The van der Waals surface area contributed by atoms with Crippen molar-refractivity contribution in [3.05, 3.63) is 0 Å². The quantitative estimate of drug-likeness (QED) is 0.817. The Labute approximate surface area is 107 Å². The number of hydrogen-bond donors (Lipinski definition) is 1. The molecule has 0 radical (unpaired) electrons. The fourth-order valence-electron chi connectivity index (χ4n) is 2.35. The lowest BCUT2D eigenvalue weighted by molar-refractivity contribution is -0.0170. The highest BCUT2D eigenvalue weighted by atomic mass is 16.5. The third-order valence-corrected chi connectivity index (χ3v) is 3.77. The Morgan fingerprint density at radius 1 is 1.41 bits per heavy atom. The fourth-order valence-corrected chi connectivity index (χ4v) is 2.35. The molecule has 3 unspecified atom stereocenters. The van der Waals surface area contributed by atoms with Gasteiger partial charge in [0.2, 0.25) is 0 Å². The van der Waals surface area contributed by atoms with Crippen LogP contribution in [0, 0.1) is 5.92 Å². The van der Waals surface area contributed by atoms with Crippen LogP contribution in [-0.2, 0) is 4.74 Å². The van der Waals surface area contributed by atoms with Gasteiger partial charge >= 0.3 is 0 Å². The van der Waals surface area contributed by atoms with Crippen molar-refractivity contribution in [1.29, 1.82) is 0 Å². The van der Waals surface area contributed by atoms with E-state index < -0.39 is 0 Å². The van der Waals surface area contributed by atoms with Gasteiger partial charge in [0.1, 0.15) is 0 Å². The van der Waals surface area contributed by atoms with Crippen LogP contribution in [-0.4, -0.2) is 49.3 Å². The molecule has 1 heterocycles. The van der Waals surface area contributed by atoms with Crippen molar-refractivity contribution in [3.8, 4) is 0 Å². The Morgan fingerprint density at radius 2 is 2.06 bits per heavy atom. The number of hydrogen-bond acceptors (Lipinski definition) is 3. The Balaban J connectivity index is 2.39. The van der Waals surface area contributed by atoms with Crippen LogP contribution < -0.4 is 5.32 Å². The minimum atomic E-state index is 0.206. The monoisotopic (exact) mass is 242 g/mol. The molecular formula is C14H30N2O. The molecule has 0 spiro atoms. The average Bonchev–Trinajstić information content (AvgIpc) is 2.25. The largest absolute Gasteiger partial charge is 0.380 e. The molecule has 1 N–H and O–H groups in total. The van der Waals surface area contributed by atoms with Crippen LogP contribution in [0.25, 0.3) is 0 Å². The van der Waals surface area contributed by atoms with Crippen molar-refractivity contribution in [3.63, 3.8) is 0 Å². The van der Waals surface area contributed by atoms with E-state index in [2.05, 4.69) is 44.8 Å². The maximum absolute atomic E-state index is 5.57. The molecule has 0 saturated carbocycles. The standard InChI is InChI=1S/C14H30N2O/c1-11-7-8-16(10-13(11)17-6)12(2)9-15-14(3,4)5/h11-13,15H,7-10H2,1-6H3. The van der Waals surface area contributed by atoms with E-state index in [1.807, 2.05) is 7.11 Å². The predicted molar refractivity (Wildman–Crippen MR) is 73.4 cm³/mol. The topological polar surface area (TPSA) is 24.5 Å². The zero-order valence-electron chi connectivity index (χ0n) is 12.4. The molecule has 0 amide bonds. The van der Waals surface area contributed by atoms with Gasteiger partial charge in [-0.25, -0.2) is 0 Å². The molecule has 102 valence electrons. The number of nitrogens with one attached hydrogen (secondary N) is 1. The maximum Gasteiger partial charge on any atom is 0.0724 e. The van der Waals surface area contributed by atoms with Crippen LogP contribution in [0.3, 0.4) is 0 Å². The van der Waals surface area contributed by atoms with E-state index in [-0.39, 0.29) is 5.54 Å². The molecule has 3 heteroatoms. The molecule has 0 aromatic heterocycles. The molecule has 0 aromatic rings. The summed E-state index contributed by atoms with van der Waals surface area (Å²) in [6.45, 7) is 14.6. The molecule has 1 aliphatic rings. The summed E-state index contributed by atoms with van der Waals surface area (Å²) in [4.78, 5) is 2.55. The second kappa shape index (κ2) is 6.17. The lowest BCUT2D eigenvalue weighted by Crippen LogP contribution is -2.52. The van der Waals surface area contributed by atoms with E-state index in [1.54, 1.807) is 0 Å². The first-order chi connectivity index (χ1) is 7.83. The van der Waals surface area contributed by atoms with E-state index >= 15 is 0 Å². The van der Waals surface area contributed by atoms with Gasteiger partial charge in [-0.15, -0.1) is 0 Å². The van der Waals surface area contributed by atoms with E-state index in [0.29, 0.717) is 18.1 Å². The summed E-state index contributed by atoms with van der Waals surface area (Å²) in [6, 6.07) is 0.583. The molecular weight excluding hydrogens is 212 g/mol. The molecule has 1 rings (SSSR count). The molecule has 0 aromatic carbocycles. The van der Waals surface area contributed by atoms with Crippen LogP contribution in [0.2, 0.25) is 0 Å². The Morgan fingerprint density at radius 3 is 2.59 bits per heavy atom. The fraction of sp³-hybridized carbons (Fsp3) is 1.00. The highest BCUT2D eigenvalue weighted by molar-refractivity contribution is 4.83. The van der Waals surface area contributed by atoms with Gasteiger partial charge in [0.15, 0.2) is 0 Å². The summed E-state index contributed by atoms with van der Waals surface area (Å²) >= 11 is 0. The number of likely N-dealkylation sites (tertiary alicyclic amines) is 1. The number of ether oxygens (including phenoxy) is 1. The molecule has 1 saturated heterocycles. The SMILES string of the molecule is COC1CN(C(C)CNC(C)(C)C)CCC1C. The van der Waals surface area contributed by atoms with Gasteiger partial charge in [-0.3, -0.25) is 4.90 Å². The second-order valence-corrected chi connectivity index (χ2v) is 6.51. The summed E-state index contributed by atoms with van der Waals surface area (Å²) < 4.78 is 5.57. The summed E-state index contributed by atoms with van der Waals surface area (Å²) in [5.74, 6) is 0.694. The van der Waals surface area contributed by atoms with Crippen molar-refractivity contribution in [2.24, 2.45) is 5.92 Å². The second-order valence-electron chi connectivity index (χ2n) is 6.51. The molecule has 17 heavy (non-hydrogen) atoms. The minimum Gasteiger partial charge on any atom is -0.380 e. The van der Waals surface area contributed by atoms with Gasteiger partial charge in [-0.05, 0) is 46.6 Å². The van der Waals surface area contributed by atoms with Gasteiger partial charge in [0, 0.05) is 31.8 Å². The average molecular weight is 242 g/mol. The Hall–Kier alpha value is -0.120. The van der Waals surface area contributed by atoms with Crippen molar-refractivity contribution < 1.29 is 4.74 Å². The van der Waals surface area contributed by atoms with Gasteiger partial charge in [-0.1, -0.05) is 6.92 Å². The van der Waals surface area contributed by atoms with Gasteiger partial charge in [0.05, 0.1) is 6.10 Å². The summed E-state index contributed by atoms with van der Waals surface area (Å²) in [5.41, 5.74) is 0.206. The van der Waals surface area contributed by atoms with Crippen molar-refractivity contribution >= 4 is 0 Å². The van der Waals surface area contributed by atoms with Gasteiger partial charge in [0.25, 0.3) is 0 Å². The van der Waals surface area contributed by atoms with E-state index in [9.17, 15) is 0 Å². The van der Waals surface area contributed by atoms with Crippen LogP contribution in [0.4, 0.5) is 0 Å². The highest BCUT2D eigenvalue weighted by Crippen LogP contribution is 2.21. The summed E-state index contributed by atoms with van der Waals surface area (Å²) in [5, 5.41) is 3.58. The number of methoxy groups -OCH3 is 1. The maximum atomic E-state index is 5.57. The third-order valence-electron chi connectivity index (χ3n) is 3.77. The third kappa shape index (κ3) is 4.94. The normalized spacial score (nSPS) is 29.3. The zero-order valence-corrected chi connectivity index (χ0v) is 12.4. The van der Waals surface area contributed by atoms with Crippen molar-refractivity contribution in [1.82, 2.24) is 10.2 Å². The summed E-state index contributed by atoms with van der Waals surface area (Å²) in [7, 11) is 1.84. The number of nitrogens with zero attached hydrogens (tertiary/aromatic N) is 1. The molecule has 0 bridgehead atoms. The predicted octanol–water partition coefficient (Wildman–Crippen LogP) is 2.12. The molecule has 1 aliphatic heterocycles. The smallest absolute Gasteiger partial charge is 0.0724 e. The first-order valence-electron chi connectivity index (χ1n) is 6.85. The van der Waals surface area contributed by atoms with E-state index in [0.717, 1.165) is 13.1 Å². The molecule has 1 fully saturated rings. The van der Waals surface area contributed by atoms with E-state index in [4.69, 9.17) is 4.74 Å². The van der Waals surface area contributed by atoms with Gasteiger partial charge in [-0.2, -0.15) is 0 Å². The lowest BCUT2D eigenvalue weighted by atomic mass is 9.94. The van der Waals surface area contributed by atoms with Crippen LogP contribution in [0.5, 0.6) is 0 Å². The number of piperidine rings is 1. The first-order valence-corrected chi connectivity index (χ1v) is 6.85. The zero-order chi connectivity index (χ0) is 13.1. The highest BCUT2D eigenvalue weighted by Gasteiger charge is 2.28. The van der Waals surface area contributed by atoms with Crippen molar-refractivity contribution in [2.45, 2.75) is 58.7 Å². The van der Waals surface area contributed by atoms with Crippen LogP contribution in [0.15, 0.2) is 0 Å². The Bertz CT molecular complexity index is 225. The lowest BCUT2D eigenvalue weighted by Gasteiger charge is -2.40. The van der Waals surface area contributed by atoms with E-state index in [1.165, 1.54) is 13.0 Å². The van der Waals surface area contributed by atoms with Crippen LogP contribution >= 0.6 is 0 Å². The Kier molecular flexibility index (Phi) is 5.42. The molecule has 3 nitrogen and oxygen atoms in total.